The molecule has 2 aliphatic rings. The number of anilines is 1. The lowest BCUT2D eigenvalue weighted by molar-refractivity contribution is 0.126. The minimum atomic E-state index is -0.125. The number of rotatable bonds is 2. The topological polar surface area (TPSA) is 49.5 Å². The number of hydrogen-bond acceptors (Lipinski definition) is 3. The van der Waals surface area contributed by atoms with E-state index in [2.05, 4.69) is 39.0 Å². The second kappa shape index (κ2) is 5.08. The van der Waals surface area contributed by atoms with Crippen molar-refractivity contribution in [3.05, 3.63) is 28.2 Å². The number of nitrogens with zero attached hydrogens (tertiary/aromatic N) is 1. The van der Waals surface area contributed by atoms with Crippen LogP contribution in [0, 0.1) is 0 Å². The van der Waals surface area contributed by atoms with Gasteiger partial charge in [-0.25, -0.2) is 0 Å². The van der Waals surface area contributed by atoms with Crippen molar-refractivity contribution in [2.45, 2.75) is 56.8 Å². The Bertz CT molecular complexity index is 463. The van der Waals surface area contributed by atoms with Crippen molar-refractivity contribution in [1.82, 2.24) is 0 Å². The van der Waals surface area contributed by atoms with E-state index in [1.54, 1.807) is 0 Å². The molecule has 3 atom stereocenters. The van der Waals surface area contributed by atoms with Crippen molar-refractivity contribution in [1.29, 1.82) is 0 Å². The summed E-state index contributed by atoms with van der Waals surface area (Å²) in [5.41, 5.74) is 8.58. The zero-order valence-electron chi connectivity index (χ0n) is 11.2. The smallest absolute Gasteiger partial charge is 0.0579 e. The van der Waals surface area contributed by atoms with Crippen LogP contribution in [-0.4, -0.2) is 23.3 Å². The Balaban J connectivity index is 2.00. The summed E-state index contributed by atoms with van der Waals surface area (Å²) in [6.45, 7) is 2.04. The molecule has 0 aromatic heterocycles. The van der Waals surface area contributed by atoms with Crippen molar-refractivity contribution < 1.29 is 5.11 Å². The third-order valence-electron chi connectivity index (χ3n) is 4.47. The maximum atomic E-state index is 9.93. The van der Waals surface area contributed by atoms with Crippen molar-refractivity contribution in [2.75, 3.05) is 4.90 Å². The van der Waals surface area contributed by atoms with Gasteiger partial charge in [0, 0.05) is 28.3 Å². The van der Waals surface area contributed by atoms with Crippen LogP contribution >= 0.6 is 15.9 Å². The number of fused-ring (bicyclic) bond motifs is 2. The third kappa shape index (κ3) is 2.41. The molecule has 1 aromatic carbocycles. The van der Waals surface area contributed by atoms with Crippen LogP contribution in [0.1, 0.15) is 44.2 Å². The highest BCUT2D eigenvalue weighted by atomic mass is 79.9. The van der Waals surface area contributed by atoms with Crippen LogP contribution in [0.4, 0.5) is 5.69 Å². The molecule has 0 amide bonds. The highest BCUT2D eigenvalue weighted by Gasteiger charge is 2.41. The molecule has 104 valence electrons. The Morgan fingerprint density at radius 1 is 1.32 bits per heavy atom. The Morgan fingerprint density at radius 3 is 2.53 bits per heavy atom. The predicted octanol–water partition coefficient (Wildman–Crippen LogP) is 2.96. The van der Waals surface area contributed by atoms with Crippen LogP contribution < -0.4 is 10.6 Å². The van der Waals surface area contributed by atoms with Gasteiger partial charge in [-0.1, -0.05) is 22.0 Å². The number of piperidine rings is 1. The van der Waals surface area contributed by atoms with Gasteiger partial charge in [0.1, 0.15) is 0 Å². The van der Waals surface area contributed by atoms with E-state index in [1.165, 1.54) is 24.1 Å². The molecule has 3 unspecified atom stereocenters. The molecule has 0 saturated carbocycles. The monoisotopic (exact) mass is 324 g/mol. The summed E-state index contributed by atoms with van der Waals surface area (Å²) >= 11 is 3.57. The maximum absolute atomic E-state index is 9.93. The zero-order chi connectivity index (χ0) is 13.6. The molecule has 0 aliphatic carbocycles. The number of nitrogens with two attached hydrogens (primary N) is 1. The molecule has 2 fully saturated rings. The van der Waals surface area contributed by atoms with Crippen LogP contribution in [-0.2, 0) is 0 Å². The molecule has 2 heterocycles. The molecule has 3 N–H and O–H groups in total. The first-order valence-electron chi connectivity index (χ1n) is 7.07. The highest BCUT2D eigenvalue weighted by molar-refractivity contribution is 9.10. The van der Waals surface area contributed by atoms with Gasteiger partial charge in [-0.3, -0.25) is 0 Å². The van der Waals surface area contributed by atoms with Gasteiger partial charge >= 0.3 is 0 Å². The van der Waals surface area contributed by atoms with Crippen LogP contribution in [0.5, 0.6) is 0 Å². The first-order valence-corrected chi connectivity index (χ1v) is 7.87. The van der Waals surface area contributed by atoms with Gasteiger partial charge in [-0.2, -0.15) is 0 Å². The molecular weight excluding hydrogens is 304 g/mol. The van der Waals surface area contributed by atoms with E-state index >= 15 is 0 Å². The number of halogens is 1. The summed E-state index contributed by atoms with van der Waals surface area (Å²) in [6, 6.07) is 7.34. The van der Waals surface area contributed by atoms with Crippen molar-refractivity contribution in [2.24, 2.45) is 5.73 Å². The molecule has 3 rings (SSSR count). The van der Waals surface area contributed by atoms with Gasteiger partial charge in [-0.05, 0) is 50.3 Å². The Morgan fingerprint density at radius 2 is 1.95 bits per heavy atom. The minimum absolute atomic E-state index is 0.0364. The number of aliphatic hydroxyl groups is 1. The van der Waals surface area contributed by atoms with E-state index in [4.69, 9.17) is 5.73 Å². The van der Waals surface area contributed by atoms with Crippen LogP contribution in [0.3, 0.4) is 0 Å². The molecule has 4 heteroatoms. The van der Waals surface area contributed by atoms with E-state index in [1.807, 2.05) is 6.92 Å². The number of aliphatic hydroxyl groups excluding tert-OH is 1. The predicted molar refractivity (Wildman–Crippen MR) is 81.3 cm³/mol. The average molecular weight is 325 g/mol. The van der Waals surface area contributed by atoms with Gasteiger partial charge in [0.2, 0.25) is 0 Å². The fourth-order valence-electron chi connectivity index (χ4n) is 3.67. The molecule has 1 aromatic rings. The van der Waals surface area contributed by atoms with Gasteiger partial charge in [0.15, 0.2) is 0 Å². The first kappa shape index (κ1) is 13.4. The van der Waals surface area contributed by atoms with E-state index in [0.717, 1.165) is 17.3 Å². The highest BCUT2D eigenvalue weighted by Crippen LogP contribution is 2.42. The summed E-state index contributed by atoms with van der Waals surface area (Å²) in [7, 11) is 0. The Hall–Kier alpha value is -0.580. The summed E-state index contributed by atoms with van der Waals surface area (Å²) in [6.07, 6.45) is 4.03. The third-order valence-corrected chi connectivity index (χ3v) is 4.96. The zero-order valence-corrected chi connectivity index (χ0v) is 12.8. The molecule has 2 bridgehead atoms. The first-order chi connectivity index (χ1) is 9.06. The summed E-state index contributed by atoms with van der Waals surface area (Å²) in [5.74, 6) is 0. The summed E-state index contributed by atoms with van der Waals surface area (Å²) in [4.78, 5) is 2.51. The van der Waals surface area contributed by atoms with E-state index in [0.29, 0.717) is 12.1 Å². The van der Waals surface area contributed by atoms with Gasteiger partial charge in [-0.15, -0.1) is 0 Å². The second-order valence-corrected chi connectivity index (χ2v) is 6.82. The molecule has 0 spiro atoms. The fourth-order valence-corrected chi connectivity index (χ4v) is 4.02. The van der Waals surface area contributed by atoms with Gasteiger partial charge < -0.3 is 15.7 Å². The van der Waals surface area contributed by atoms with Crippen LogP contribution in [0.25, 0.3) is 0 Å². The van der Waals surface area contributed by atoms with E-state index in [-0.39, 0.29) is 12.1 Å². The summed E-state index contributed by atoms with van der Waals surface area (Å²) in [5, 5.41) is 9.93. The fraction of sp³-hybridized carbons (Fsp3) is 0.600. The normalized spacial score (nSPS) is 31.6. The maximum Gasteiger partial charge on any atom is 0.0579 e. The largest absolute Gasteiger partial charge is 0.393 e. The van der Waals surface area contributed by atoms with Gasteiger partial charge in [0.05, 0.1) is 6.10 Å². The molecule has 3 nitrogen and oxygen atoms in total. The Labute approximate surface area is 122 Å². The second-order valence-electron chi connectivity index (χ2n) is 5.91. The van der Waals surface area contributed by atoms with Gasteiger partial charge in [0.25, 0.3) is 0 Å². The Kier molecular flexibility index (Phi) is 3.58. The summed E-state index contributed by atoms with van der Waals surface area (Å²) < 4.78 is 1.09. The standard InChI is InChI=1S/C15H21BrN2O/c1-9(17)14-5-2-10(16)6-15(14)18-11-3-4-12(18)8-13(19)7-11/h2,5-6,9,11-13,19H,3-4,7-8,17H2,1H3. The van der Waals surface area contributed by atoms with Crippen molar-refractivity contribution in [3.63, 3.8) is 0 Å². The molecule has 2 saturated heterocycles. The SMILES string of the molecule is CC(N)c1ccc(Br)cc1N1C2CCC1CC(O)C2. The lowest BCUT2D eigenvalue weighted by atomic mass is 9.96. The molecular formula is C15H21BrN2O. The molecule has 19 heavy (non-hydrogen) atoms. The number of benzene rings is 1. The quantitative estimate of drug-likeness (QED) is 0.879. The van der Waals surface area contributed by atoms with Crippen LogP contribution in [0.15, 0.2) is 22.7 Å². The van der Waals surface area contributed by atoms with Crippen LogP contribution in [0.2, 0.25) is 0 Å². The van der Waals surface area contributed by atoms with Crippen molar-refractivity contribution in [3.8, 4) is 0 Å². The average Bonchev–Trinajstić information content (AvgIpc) is 2.61. The number of hydrogen-bond donors (Lipinski definition) is 2. The molecule has 0 radical (unpaired) electrons. The van der Waals surface area contributed by atoms with E-state index in [9.17, 15) is 5.11 Å². The lowest BCUT2D eigenvalue weighted by Crippen LogP contribution is -2.45. The lowest BCUT2D eigenvalue weighted by Gasteiger charge is -2.40. The molecule has 2 aliphatic heterocycles. The minimum Gasteiger partial charge on any atom is -0.393 e. The van der Waals surface area contributed by atoms with E-state index < -0.39 is 0 Å². The van der Waals surface area contributed by atoms with Crippen molar-refractivity contribution >= 4 is 21.6 Å².